The van der Waals surface area contributed by atoms with Crippen LogP contribution in [-0.4, -0.2) is 71.6 Å². The van der Waals surface area contributed by atoms with Crippen molar-refractivity contribution in [2.75, 3.05) is 45.9 Å². The van der Waals surface area contributed by atoms with E-state index in [1.54, 1.807) is 6.33 Å². The lowest BCUT2D eigenvalue weighted by molar-refractivity contribution is 0.0180. The number of guanidine groups is 1. The summed E-state index contributed by atoms with van der Waals surface area (Å²) in [5.74, 6) is 1.80. The summed E-state index contributed by atoms with van der Waals surface area (Å²) in [6, 6.07) is 8.23. The molecule has 0 amide bonds. The zero-order chi connectivity index (χ0) is 21.2. The van der Waals surface area contributed by atoms with Crippen LogP contribution in [0.4, 0.5) is 0 Å². The van der Waals surface area contributed by atoms with Crippen molar-refractivity contribution in [3.8, 4) is 0 Å². The first kappa shape index (κ1) is 22.5. The summed E-state index contributed by atoms with van der Waals surface area (Å²) in [6.45, 7) is 10.4. The molecule has 164 valence electrons. The third-order valence-electron chi connectivity index (χ3n) is 5.14. The maximum Gasteiger partial charge on any atom is 0.191 e. The first-order valence-corrected chi connectivity index (χ1v) is 11.0. The predicted octanol–water partition coefficient (Wildman–Crippen LogP) is 2.12. The van der Waals surface area contributed by atoms with Gasteiger partial charge in [-0.15, -0.1) is 10.2 Å². The third-order valence-corrected chi connectivity index (χ3v) is 5.38. The van der Waals surface area contributed by atoms with Crippen molar-refractivity contribution in [1.29, 1.82) is 0 Å². The highest BCUT2D eigenvalue weighted by molar-refractivity contribution is 6.30. The number of nitrogens with one attached hydrogen (secondary N) is 2. The number of nitrogens with zero attached hydrogens (tertiary/aromatic N) is 5. The molecule has 8 nitrogen and oxygen atoms in total. The van der Waals surface area contributed by atoms with Crippen LogP contribution in [0.25, 0.3) is 0 Å². The van der Waals surface area contributed by atoms with E-state index in [9.17, 15) is 0 Å². The second-order valence-electron chi connectivity index (χ2n) is 7.16. The molecule has 0 saturated carbocycles. The Kier molecular flexibility index (Phi) is 8.92. The lowest BCUT2D eigenvalue weighted by atomic mass is 10.0. The molecule has 30 heavy (non-hydrogen) atoms. The van der Waals surface area contributed by atoms with Crippen LogP contribution in [0.2, 0.25) is 5.02 Å². The summed E-state index contributed by atoms with van der Waals surface area (Å²) < 4.78 is 7.61. The van der Waals surface area contributed by atoms with E-state index in [1.807, 2.05) is 18.2 Å². The Bertz CT molecular complexity index is 804. The Morgan fingerprint density at radius 1 is 1.27 bits per heavy atom. The number of aromatic nitrogens is 3. The number of aryl methyl sites for hydroxylation is 1. The molecule has 9 heteroatoms. The molecule has 1 fully saturated rings. The van der Waals surface area contributed by atoms with Crippen LogP contribution in [0, 0.1) is 0 Å². The lowest BCUT2D eigenvalue weighted by Crippen LogP contribution is -2.42. The number of benzene rings is 1. The summed E-state index contributed by atoms with van der Waals surface area (Å²) >= 11 is 6.27. The van der Waals surface area contributed by atoms with Crippen molar-refractivity contribution in [3.63, 3.8) is 0 Å². The number of hydrogen-bond acceptors (Lipinski definition) is 5. The summed E-state index contributed by atoms with van der Waals surface area (Å²) in [4.78, 5) is 7.31. The maximum atomic E-state index is 6.27. The third kappa shape index (κ3) is 6.42. The fourth-order valence-electron chi connectivity index (χ4n) is 3.59. The van der Waals surface area contributed by atoms with E-state index < -0.39 is 0 Å². The molecule has 1 aliphatic rings. The van der Waals surface area contributed by atoms with Crippen molar-refractivity contribution < 1.29 is 4.74 Å². The number of halogens is 1. The van der Waals surface area contributed by atoms with Gasteiger partial charge in [-0.3, -0.25) is 9.89 Å². The molecular weight excluding hydrogens is 402 g/mol. The van der Waals surface area contributed by atoms with Gasteiger partial charge in [0, 0.05) is 44.2 Å². The van der Waals surface area contributed by atoms with Gasteiger partial charge < -0.3 is 19.9 Å². The van der Waals surface area contributed by atoms with E-state index in [0.29, 0.717) is 6.54 Å². The second-order valence-corrected chi connectivity index (χ2v) is 7.60. The number of rotatable bonds is 9. The van der Waals surface area contributed by atoms with Crippen molar-refractivity contribution in [3.05, 3.63) is 47.0 Å². The van der Waals surface area contributed by atoms with Crippen molar-refractivity contribution in [1.82, 2.24) is 30.3 Å². The molecule has 3 rings (SSSR count). The first-order chi connectivity index (χ1) is 14.7. The van der Waals surface area contributed by atoms with E-state index in [1.165, 1.54) is 5.56 Å². The minimum absolute atomic E-state index is 0.160. The van der Waals surface area contributed by atoms with Crippen LogP contribution in [0.15, 0.2) is 35.6 Å². The highest BCUT2D eigenvalue weighted by Crippen LogP contribution is 2.24. The molecule has 1 aliphatic heterocycles. The van der Waals surface area contributed by atoms with Gasteiger partial charge >= 0.3 is 0 Å². The molecular formula is C21H32ClN7O. The smallest absolute Gasteiger partial charge is 0.191 e. The molecule has 1 atom stereocenters. The van der Waals surface area contributed by atoms with Crippen molar-refractivity contribution in [2.24, 2.45) is 4.99 Å². The van der Waals surface area contributed by atoms with Crippen LogP contribution in [0.1, 0.15) is 31.3 Å². The fourth-order valence-corrected chi connectivity index (χ4v) is 3.79. The molecule has 2 heterocycles. The number of hydrogen-bond donors (Lipinski definition) is 2. The molecule has 1 saturated heterocycles. The molecule has 0 bridgehead atoms. The minimum atomic E-state index is 0.160. The van der Waals surface area contributed by atoms with Gasteiger partial charge in [-0.05, 0) is 24.6 Å². The van der Waals surface area contributed by atoms with Gasteiger partial charge in [0.05, 0.1) is 25.8 Å². The highest BCUT2D eigenvalue weighted by atomic mass is 35.5. The minimum Gasteiger partial charge on any atom is -0.379 e. The Morgan fingerprint density at radius 3 is 2.83 bits per heavy atom. The van der Waals surface area contributed by atoms with Crippen molar-refractivity contribution in [2.45, 2.75) is 32.9 Å². The summed E-state index contributed by atoms with van der Waals surface area (Å²) in [7, 11) is 0. The molecule has 2 N–H and O–H groups in total. The van der Waals surface area contributed by atoms with Crippen LogP contribution in [-0.2, 0) is 17.7 Å². The summed E-state index contributed by atoms with van der Waals surface area (Å²) in [6.07, 6.45) is 2.65. The number of morpholine rings is 1. The monoisotopic (exact) mass is 433 g/mol. The van der Waals surface area contributed by atoms with Gasteiger partial charge in [-0.1, -0.05) is 30.7 Å². The summed E-state index contributed by atoms with van der Waals surface area (Å²) in [5, 5.41) is 15.6. The molecule has 0 radical (unpaired) electrons. The van der Waals surface area contributed by atoms with Gasteiger partial charge in [0.25, 0.3) is 0 Å². The normalized spacial score (nSPS) is 16.4. The zero-order valence-electron chi connectivity index (χ0n) is 17.9. The van der Waals surface area contributed by atoms with Gasteiger partial charge in [-0.25, -0.2) is 0 Å². The molecule has 1 aromatic carbocycles. The second kappa shape index (κ2) is 11.9. The van der Waals surface area contributed by atoms with E-state index in [-0.39, 0.29) is 6.04 Å². The largest absolute Gasteiger partial charge is 0.379 e. The Hall–Kier alpha value is -2.16. The molecule has 1 unspecified atom stereocenters. The Morgan fingerprint density at radius 2 is 2.10 bits per heavy atom. The van der Waals surface area contributed by atoms with E-state index in [2.05, 4.69) is 50.2 Å². The van der Waals surface area contributed by atoms with E-state index >= 15 is 0 Å². The summed E-state index contributed by atoms with van der Waals surface area (Å²) in [5.41, 5.74) is 1.18. The topological polar surface area (TPSA) is 79.6 Å². The first-order valence-electron chi connectivity index (χ1n) is 10.7. The number of ether oxygens (including phenoxy) is 1. The highest BCUT2D eigenvalue weighted by Gasteiger charge is 2.22. The van der Waals surface area contributed by atoms with Crippen LogP contribution in [0.5, 0.6) is 0 Å². The van der Waals surface area contributed by atoms with E-state index in [0.717, 1.165) is 69.2 Å². The van der Waals surface area contributed by atoms with Gasteiger partial charge in [-0.2, -0.15) is 0 Å². The lowest BCUT2D eigenvalue weighted by Gasteiger charge is -2.34. The standard InChI is InChI=1S/C21H32ClN7O/c1-3-20-27-26-16-29(20)9-8-24-21(23-4-2)25-15-19(28-10-12-30-13-11-28)17-6-5-7-18(22)14-17/h5-7,14,16,19H,3-4,8-13,15H2,1-2H3,(H2,23,24,25). The average molecular weight is 434 g/mol. The zero-order valence-corrected chi connectivity index (χ0v) is 18.6. The van der Waals surface area contributed by atoms with Gasteiger partial charge in [0.2, 0.25) is 0 Å². The molecule has 0 spiro atoms. The Balaban J connectivity index is 1.66. The van der Waals surface area contributed by atoms with Crippen LogP contribution >= 0.6 is 11.6 Å². The van der Waals surface area contributed by atoms with Crippen LogP contribution < -0.4 is 10.6 Å². The SMILES string of the molecule is CCNC(=NCC(c1cccc(Cl)c1)N1CCOCC1)NCCn1cnnc1CC. The van der Waals surface area contributed by atoms with Crippen LogP contribution in [0.3, 0.4) is 0 Å². The molecule has 1 aromatic heterocycles. The maximum absolute atomic E-state index is 6.27. The molecule has 0 aliphatic carbocycles. The Labute approximate surface area is 183 Å². The predicted molar refractivity (Wildman–Crippen MR) is 120 cm³/mol. The van der Waals surface area contributed by atoms with Gasteiger partial charge in [0.15, 0.2) is 5.96 Å². The average Bonchev–Trinajstić information content (AvgIpc) is 3.22. The van der Waals surface area contributed by atoms with Crippen molar-refractivity contribution >= 4 is 17.6 Å². The van der Waals surface area contributed by atoms with E-state index in [4.69, 9.17) is 21.3 Å². The molecule has 2 aromatic rings. The van der Waals surface area contributed by atoms with Gasteiger partial charge in [0.1, 0.15) is 12.2 Å². The number of aliphatic imine (C=N–C) groups is 1. The quantitative estimate of drug-likeness (QED) is 0.466. The fraction of sp³-hybridized carbons (Fsp3) is 0.571.